The van der Waals surface area contributed by atoms with E-state index in [2.05, 4.69) is 9.72 Å². The standard InChI is InChI=1S/C9H6FNO3/c10-6-2-1-3-11-8(6)5-4-7(12)14-9(5)13/h1-3,5H,4H2. The zero-order valence-corrected chi connectivity index (χ0v) is 7.07. The molecular formula is C9H6FNO3. The highest BCUT2D eigenvalue weighted by molar-refractivity contribution is 5.97. The summed E-state index contributed by atoms with van der Waals surface area (Å²) in [6.45, 7) is 0. The Hall–Kier alpha value is -1.78. The third-order valence-corrected chi connectivity index (χ3v) is 1.99. The Balaban J connectivity index is 2.36. The monoisotopic (exact) mass is 195 g/mol. The summed E-state index contributed by atoms with van der Waals surface area (Å²) >= 11 is 0. The third kappa shape index (κ3) is 1.37. The number of ether oxygens (including phenoxy) is 1. The van der Waals surface area contributed by atoms with Crippen molar-refractivity contribution < 1.29 is 18.7 Å². The predicted molar refractivity (Wildman–Crippen MR) is 42.7 cm³/mol. The molecule has 1 aromatic rings. The van der Waals surface area contributed by atoms with Gasteiger partial charge in [-0.1, -0.05) is 0 Å². The van der Waals surface area contributed by atoms with Crippen LogP contribution in [-0.4, -0.2) is 16.9 Å². The zero-order chi connectivity index (χ0) is 10.1. The summed E-state index contributed by atoms with van der Waals surface area (Å²) in [5, 5.41) is 0. The summed E-state index contributed by atoms with van der Waals surface area (Å²) in [5.41, 5.74) is -0.0247. The highest BCUT2D eigenvalue weighted by atomic mass is 19.1. The topological polar surface area (TPSA) is 56.3 Å². The first-order valence-electron chi connectivity index (χ1n) is 4.03. The predicted octanol–water partition coefficient (Wildman–Crippen LogP) is 0.778. The number of rotatable bonds is 1. The fourth-order valence-corrected chi connectivity index (χ4v) is 1.34. The minimum atomic E-state index is -0.885. The van der Waals surface area contributed by atoms with E-state index in [1.165, 1.54) is 18.3 Å². The van der Waals surface area contributed by atoms with Crippen LogP contribution >= 0.6 is 0 Å². The van der Waals surface area contributed by atoms with E-state index in [1.807, 2.05) is 0 Å². The molecule has 72 valence electrons. The summed E-state index contributed by atoms with van der Waals surface area (Å²) in [7, 11) is 0. The molecule has 1 fully saturated rings. The van der Waals surface area contributed by atoms with Crippen LogP contribution in [0.25, 0.3) is 0 Å². The average molecular weight is 195 g/mol. The number of nitrogens with zero attached hydrogens (tertiary/aromatic N) is 1. The van der Waals surface area contributed by atoms with Crippen LogP contribution in [0.4, 0.5) is 4.39 Å². The summed E-state index contributed by atoms with van der Waals surface area (Å²) in [5.74, 6) is -2.84. The number of halogens is 1. The minimum absolute atomic E-state index is 0.0247. The van der Waals surface area contributed by atoms with Crippen molar-refractivity contribution in [3.8, 4) is 0 Å². The number of pyridine rings is 1. The summed E-state index contributed by atoms with van der Waals surface area (Å²) in [6, 6.07) is 2.61. The highest BCUT2D eigenvalue weighted by Crippen LogP contribution is 2.27. The number of carbonyl (C=O) groups is 2. The second kappa shape index (κ2) is 3.17. The summed E-state index contributed by atoms with van der Waals surface area (Å²) in [6.07, 6.45) is 1.24. The van der Waals surface area contributed by atoms with Crippen molar-refractivity contribution in [2.75, 3.05) is 0 Å². The van der Waals surface area contributed by atoms with E-state index < -0.39 is 23.7 Å². The molecule has 0 amide bonds. The maximum Gasteiger partial charge on any atom is 0.323 e. The van der Waals surface area contributed by atoms with E-state index >= 15 is 0 Å². The molecule has 14 heavy (non-hydrogen) atoms. The Morgan fingerprint density at radius 1 is 1.50 bits per heavy atom. The third-order valence-electron chi connectivity index (χ3n) is 1.99. The Morgan fingerprint density at radius 2 is 2.29 bits per heavy atom. The molecular weight excluding hydrogens is 189 g/mol. The SMILES string of the molecule is O=C1CC(c2ncccc2F)C(=O)O1. The van der Waals surface area contributed by atoms with Crippen molar-refractivity contribution in [2.24, 2.45) is 0 Å². The van der Waals surface area contributed by atoms with Crippen LogP contribution < -0.4 is 0 Å². The molecule has 1 saturated heterocycles. The molecule has 1 aromatic heterocycles. The van der Waals surface area contributed by atoms with Crippen LogP contribution in [0.2, 0.25) is 0 Å². The average Bonchev–Trinajstić information content (AvgIpc) is 2.46. The molecule has 0 saturated carbocycles. The van der Waals surface area contributed by atoms with Gasteiger partial charge in [-0.15, -0.1) is 0 Å². The molecule has 2 heterocycles. The van der Waals surface area contributed by atoms with Crippen molar-refractivity contribution in [3.63, 3.8) is 0 Å². The van der Waals surface area contributed by atoms with Gasteiger partial charge in [0.15, 0.2) is 0 Å². The van der Waals surface area contributed by atoms with Gasteiger partial charge in [-0.25, -0.2) is 4.39 Å². The van der Waals surface area contributed by atoms with Gasteiger partial charge < -0.3 is 4.74 Å². The van der Waals surface area contributed by atoms with E-state index in [4.69, 9.17) is 0 Å². The minimum Gasteiger partial charge on any atom is -0.393 e. The molecule has 0 N–H and O–H groups in total. The molecule has 1 aliphatic rings. The lowest BCUT2D eigenvalue weighted by atomic mass is 10.0. The number of hydrogen-bond donors (Lipinski definition) is 0. The lowest BCUT2D eigenvalue weighted by molar-refractivity contribution is -0.152. The molecule has 0 bridgehead atoms. The van der Waals surface area contributed by atoms with Gasteiger partial charge in [-0.3, -0.25) is 14.6 Å². The Kier molecular flexibility index (Phi) is 1.99. The number of esters is 2. The second-order valence-electron chi connectivity index (χ2n) is 2.92. The van der Waals surface area contributed by atoms with Crippen molar-refractivity contribution in [2.45, 2.75) is 12.3 Å². The first-order valence-corrected chi connectivity index (χ1v) is 4.03. The van der Waals surface area contributed by atoms with Crippen LogP contribution in [-0.2, 0) is 14.3 Å². The van der Waals surface area contributed by atoms with E-state index in [-0.39, 0.29) is 12.1 Å². The largest absolute Gasteiger partial charge is 0.393 e. The molecule has 0 spiro atoms. The van der Waals surface area contributed by atoms with E-state index in [0.717, 1.165) is 0 Å². The molecule has 4 nitrogen and oxygen atoms in total. The van der Waals surface area contributed by atoms with Crippen molar-refractivity contribution in [1.82, 2.24) is 4.98 Å². The Labute approximate surface area is 78.7 Å². The van der Waals surface area contributed by atoms with Gasteiger partial charge in [-0.2, -0.15) is 0 Å². The lowest BCUT2D eigenvalue weighted by Crippen LogP contribution is -2.09. The van der Waals surface area contributed by atoms with Gasteiger partial charge in [0.2, 0.25) is 0 Å². The number of cyclic esters (lactones) is 2. The number of carbonyl (C=O) groups excluding carboxylic acids is 2. The number of aromatic nitrogens is 1. The molecule has 0 aliphatic carbocycles. The summed E-state index contributed by atoms with van der Waals surface area (Å²) < 4.78 is 17.5. The van der Waals surface area contributed by atoms with Crippen molar-refractivity contribution >= 4 is 11.9 Å². The molecule has 0 radical (unpaired) electrons. The quantitative estimate of drug-likeness (QED) is 0.490. The molecule has 0 aromatic carbocycles. The van der Waals surface area contributed by atoms with Gasteiger partial charge >= 0.3 is 11.9 Å². The highest BCUT2D eigenvalue weighted by Gasteiger charge is 2.37. The molecule has 5 heteroatoms. The van der Waals surface area contributed by atoms with Gasteiger partial charge in [0.1, 0.15) is 11.7 Å². The molecule has 2 rings (SSSR count). The van der Waals surface area contributed by atoms with Gasteiger partial charge in [0, 0.05) is 6.20 Å². The van der Waals surface area contributed by atoms with E-state index in [1.54, 1.807) is 0 Å². The van der Waals surface area contributed by atoms with E-state index in [9.17, 15) is 14.0 Å². The normalized spacial score (nSPS) is 21.1. The van der Waals surface area contributed by atoms with Crippen LogP contribution in [0.1, 0.15) is 18.0 Å². The second-order valence-corrected chi connectivity index (χ2v) is 2.92. The van der Waals surface area contributed by atoms with Crippen LogP contribution in [0.15, 0.2) is 18.3 Å². The summed E-state index contributed by atoms with van der Waals surface area (Å²) in [4.78, 5) is 25.6. The first-order chi connectivity index (χ1) is 6.68. The zero-order valence-electron chi connectivity index (χ0n) is 7.07. The van der Waals surface area contributed by atoms with Crippen LogP contribution in [0.5, 0.6) is 0 Å². The van der Waals surface area contributed by atoms with Crippen molar-refractivity contribution in [3.05, 3.63) is 29.8 Å². The number of hydrogen-bond acceptors (Lipinski definition) is 4. The Bertz CT molecular complexity index is 405. The van der Waals surface area contributed by atoms with Gasteiger partial charge in [-0.05, 0) is 12.1 Å². The first kappa shape index (κ1) is 8.80. The van der Waals surface area contributed by atoms with Gasteiger partial charge in [0.25, 0.3) is 0 Å². The maximum atomic E-state index is 13.2. The Morgan fingerprint density at radius 3 is 2.86 bits per heavy atom. The fourth-order valence-electron chi connectivity index (χ4n) is 1.34. The molecule has 1 aliphatic heterocycles. The van der Waals surface area contributed by atoms with Gasteiger partial charge in [0.05, 0.1) is 12.1 Å². The molecule has 1 unspecified atom stereocenters. The lowest BCUT2D eigenvalue weighted by Gasteiger charge is -2.03. The van der Waals surface area contributed by atoms with Crippen molar-refractivity contribution in [1.29, 1.82) is 0 Å². The van der Waals surface area contributed by atoms with E-state index in [0.29, 0.717) is 0 Å². The fraction of sp³-hybridized carbons (Fsp3) is 0.222. The van der Waals surface area contributed by atoms with Crippen LogP contribution in [0, 0.1) is 5.82 Å². The molecule has 1 atom stereocenters. The smallest absolute Gasteiger partial charge is 0.323 e. The van der Waals surface area contributed by atoms with Crippen LogP contribution in [0.3, 0.4) is 0 Å². The maximum absolute atomic E-state index is 13.2.